The first-order valence-electron chi connectivity index (χ1n) is 8.10. The van der Waals surface area contributed by atoms with E-state index in [0.717, 1.165) is 45.8 Å². The number of morpholine rings is 2. The maximum atomic E-state index is 12.1. The molecule has 0 spiro atoms. The highest BCUT2D eigenvalue weighted by Gasteiger charge is 2.16. The summed E-state index contributed by atoms with van der Waals surface area (Å²) in [5.41, 5.74) is 2.46. The Balaban J connectivity index is 1.49. The van der Waals surface area contributed by atoms with Crippen LogP contribution in [-0.4, -0.2) is 63.4 Å². The van der Waals surface area contributed by atoms with Crippen molar-refractivity contribution in [1.82, 2.24) is 4.90 Å². The summed E-state index contributed by atoms with van der Waals surface area (Å²) in [6.45, 7) is 6.30. The van der Waals surface area contributed by atoms with Crippen LogP contribution < -0.4 is 4.90 Å². The summed E-state index contributed by atoms with van der Waals surface area (Å²) in [5, 5.41) is 0. The van der Waals surface area contributed by atoms with Crippen LogP contribution in [0.25, 0.3) is 0 Å². The minimum absolute atomic E-state index is 0.237. The van der Waals surface area contributed by atoms with E-state index in [2.05, 4.69) is 29.2 Å². The summed E-state index contributed by atoms with van der Waals surface area (Å²) in [4.78, 5) is 16.4. The van der Waals surface area contributed by atoms with Gasteiger partial charge in [-0.25, -0.2) is 0 Å². The maximum Gasteiger partial charge on any atom is 0.223 e. The van der Waals surface area contributed by atoms with Crippen molar-refractivity contribution in [1.29, 1.82) is 0 Å². The van der Waals surface area contributed by atoms with Gasteiger partial charge < -0.3 is 19.3 Å². The monoisotopic (exact) mass is 304 g/mol. The number of amides is 1. The summed E-state index contributed by atoms with van der Waals surface area (Å²) >= 11 is 0. The topological polar surface area (TPSA) is 42.0 Å². The van der Waals surface area contributed by atoms with Gasteiger partial charge in [0.15, 0.2) is 0 Å². The standard InChI is InChI=1S/C17H24N2O3/c20-17(19-9-13-22-14-10-19)6-3-15-1-4-16(5-2-15)18-7-11-21-12-8-18/h1-2,4-5H,3,6-14H2. The predicted molar refractivity (Wildman–Crippen MR) is 85.2 cm³/mol. The Morgan fingerprint density at radius 2 is 1.50 bits per heavy atom. The van der Waals surface area contributed by atoms with Crippen LogP contribution in [0.2, 0.25) is 0 Å². The fraction of sp³-hybridized carbons (Fsp3) is 0.588. The largest absolute Gasteiger partial charge is 0.378 e. The minimum atomic E-state index is 0.237. The lowest BCUT2D eigenvalue weighted by Crippen LogP contribution is -2.40. The van der Waals surface area contributed by atoms with E-state index in [9.17, 15) is 4.79 Å². The van der Waals surface area contributed by atoms with Gasteiger partial charge in [-0.15, -0.1) is 0 Å². The number of hydrogen-bond acceptors (Lipinski definition) is 4. The van der Waals surface area contributed by atoms with Crippen LogP contribution in [0.3, 0.4) is 0 Å². The van der Waals surface area contributed by atoms with Crippen molar-refractivity contribution in [3.63, 3.8) is 0 Å². The van der Waals surface area contributed by atoms with Crippen LogP contribution >= 0.6 is 0 Å². The van der Waals surface area contributed by atoms with Crippen LogP contribution in [0.15, 0.2) is 24.3 Å². The van der Waals surface area contributed by atoms with Gasteiger partial charge in [0.1, 0.15) is 0 Å². The molecule has 2 aliphatic heterocycles. The molecule has 0 atom stereocenters. The number of anilines is 1. The highest BCUT2D eigenvalue weighted by atomic mass is 16.5. The van der Waals surface area contributed by atoms with Crippen LogP contribution in [0, 0.1) is 0 Å². The van der Waals surface area contributed by atoms with Crippen molar-refractivity contribution in [3.05, 3.63) is 29.8 Å². The van der Waals surface area contributed by atoms with Crippen molar-refractivity contribution in [3.8, 4) is 0 Å². The number of hydrogen-bond donors (Lipinski definition) is 0. The molecular weight excluding hydrogens is 280 g/mol. The van der Waals surface area contributed by atoms with Gasteiger partial charge in [0.05, 0.1) is 26.4 Å². The summed E-state index contributed by atoms with van der Waals surface area (Å²) in [6.07, 6.45) is 1.39. The highest BCUT2D eigenvalue weighted by Crippen LogP contribution is 2.17. The molecule has 2 fully saturated rings. The summed E-state index contributed by atoms with van der Waals surface area (Å²) in [7, 11) is 0. The molecule has 0 aromatic heterocycles. The zero-order valence-corrected chi connectivity index (χ0v) is 13.0. The molecule has 0 unspecified atom stereocenters. The summed E-state index contributed by atoms with van der Waals surface area (Å²) in [5.74, 6) is 0.237. The quantitative estimate of drug-likeness (QED) is 0.841. The van der Waals surface area contributed by atoms with Crippen molar-refractivity contribution >= 4 is 11.6 Å². The fourth-order valence-corrected chi connectivity index (χ4v) is 2.92. The highest BCUT2D eigenvalue weighted by molar-refractivity contribution is 5.76. The molecule has 0 aliphatic carbocycles. The zero-order chi connectivity index (χ0) is 15.2. The molecule has 0 saturated carbocycles. The molecule has 0 bridgehead atoms. The van der Waals surface area contributed by atoms with E-state index in [-0.39, 0.29) is 5.91 Å². The third-order valence-electron chi connectivity index (χ3n) is 4.30. The minimum Gasteiger partial charge on any atom is -0.378 e. The Bertz CT molecular complexity index is 477. The predicted octanol–water partition coefficient (Wildman–Crippen LogP) is 1.31. The number of nitrogens with zero attached hydrogens (tertiary/aromatic N) is 2. The number of carbonyl (C=O) groups excluding carboxylic acids is 1. The fourth-order valence-electron chi connectivity index (χ4n) is 2.92. The lowest BCUT2D eigenvalue weighted by atomic mass is 10.1. The number of aryl methyl sites for hydroxylation is 1. The average molecular weight is 304 g/mol. The zero-order valence-electron chi connectivity index (χ0n) is 13.0. The van der Waals surface area contributed by atoms with Gasteiger partial charge in [-0.05, 0) is 24.1 Å². The average Bonchev–Trinajstić information content (AvgIpc) is 2.61. The smallest absolute Gasteiger partial charge is 0.223 e. The number of ether oxygens (including phenoxy) is 2. The Labute approximate surface area is 131 Å². The molecule has 5 nitrogen and oxygen atoms in total. The third kappa shape index (κ3) is 3.99. The first-order chi connectivity index (χ1) is 10.8. The Hall–Kier alpha value is -1.59. The molecule has 22 heavy (non-hydrogen) atoms. The van der Waals surface area contributed by atoms with E-state index in [4.69, 9.17) is 9.47 Å². The van der Waals surface area contributed by atoms with Crippen molar-refractivity contribution < 1.29 is 14.3 Å². The van der Waals surface area contributed by atoms with Crippen LogP contribution in [0.1, 0.15) is 12.0 Å². The molecular formula is C17H24N2O3. The van der Waals surface area contributed by atoms with Gasteiger partial charge in [-0.2, -0.15) is 0 Å². The molecule has 2 heterocycles. The van der Waals surface area contributed by atoms with E-state index >= 15 is 0 Å². The second-order valence-corrected chi connectivity index (χ2v) is 5.76. The molecule has 0 N–H and O–H groups in total. The van der Waals surface area contributed by atoms with Crippen molar-refractivity contribution in [2.75, 3.05) is 57.5 Å². The summed E-state index contributed by atoms with van der Waals surface area (Å²) < 4.78 is 10.7. The number of benzene rings is 1. The van der Waals surface area contributed by atoms with E-state index < -0.39 is 0 Å². The van der Waals surface area contributed by atoms with Gasteiger partial charge in [-0.3, -0.25) is 4.79 Å². The van der Waals surface area contributed by atoms with Crippen LogP contribution in [0.5, 0.6) is 0 Å². The van der Waals surface area contributed by atoms with E-state index in [0.29, 0.717) is 19.6 Å². The van der Waals surface area contributed by atoms with Gasteiger partial charge in [0.25, 0.3) is 0 Å². The summed E-state index contributed by atoms with van der Waals surface area (Å²) in [6, 6.07) is 8.58. The van der Waals surface area contributed by atoms with Gasteiger partial charge in [0, 0.05) is 38.3 Å². The molecule has 1 amide bonds. The van der Waals surface area contributed by atoms with E-state index in [1.807, 2.05) is 4.90 Å². The number of rotatable bonds is 4. The van der Waals surface area contributed by atoms with Crippen LogP contribution in [-0.2, 0) is 20.7 Å². The molecule has 120 valence electrons. The van der Waals surface area contributed by atoms with Gasteiger partial charge in [0.2, 0.25) is 5.91 Å². The Kier molecular flexibility index (Phi) is 5.29. The molecule has 2 aliphatic rings. The number of carbonyl (C=O) groups is 1. The molecule has 5 heteroatoms. The van der Waals surface area contributed by atoms with Crippen molar-refractivity contribution in [2.24, 2.45) is 0 Å². The van der Waals surface area contributed by atoms with E-state index in [1.165, 1.54) is 11.3 Å². The molecule has 1 aromatic rings. The molecule has 3 rings (SSSR count). The Morgan fingerprint density at radius 1 is 0.909 bits per heavy atom. The first kappa shape index (κ1) is 15.3. The second-order valence-electron chi connectivity index (χ2n) is 5.76. The lowest BCUT2D eigenvalue weighted by Gasteiger charge is -2.29. The van der Waals surface area contributed by atoms with E-state index in [1.54, 1.807) is 0 Å². The first-order valence-corrected chi connectivity index (χ1v) is 8.10. The lowest BCUT2D eigenvalue weighted by molar-refractivity contribution is -0.135. The molecule has 0 radical (unpaired) electrons. The maximum absolute atomic E-state index is 12.1. The van der Waals surface area contributed by atoms with Gasteiger partial charge >= 0.3 is 0 Å². The molecule has 1 aromatic carbocycles. The van der Waals surface area contributed by atoms with Gasteiger partial charge in [-0.1, -0.05) is 12.1 Å². The molecule has 2 saturated heterocycles. The van der Waals surface area contributed by atoms with Crippen LogP contribution in [0.4, 0.5) is 5.69 Å². The van der Waals surface area contributed by atoms with Crippen molar-refractivity contribution in [2.45, 2.75) is 12.8 Å². The normalized spacial score (nSPS) is 19.3. The Morgan fingerprint density at radius 3 is 2.14 bits per heavy atom. The SMILES string of the molecule is O=C(CCc1ccc(N2CCOCC2)cc1)N1CCOCC1. The second kappa shape index (κ2) is 7.61. The third-order valence-corrected chi connectivity index (χ3v) is 4.30.